The van der Waals surface area contributed by atoms with Crippen molar-refractivity contribution in [3.63, 3.8) is 0 Å². The van der Waals surface area contributed by atoms with Crippen molar-refractivity contribution in [2.45, 2.75) is 13.3 Å². The summed E-state index contributed by atoms with van der Waals surface area (Å²) in [5.74, 6) is -0.556. The monoisotopic (exact) mass is 376 g/mol. The van der Waals surface area contributed by atoms with Gasteiger partial charge < -0.3 is 10.1 Å². The number of hydrogen-bond acceptors (Lipinski definition) is 7. The van der Waals surface area contributed by atoms with E-state index in [4.69, 9.17) is 4.74 Å². The van der Waals surface area contributed by atoms with Crippen molar-refractivity contribution < 1.29 is 19.2 Å². The first-order chi connectivity index (χ1) is 12.4. The van der Waals surface area contributed by atoms with E-state index in [9.17, 15) is 19.7 Å². The lowest BCUT2D eigenvalue weighted by Gasteiger charge is -2.07. The Morgan fingerprint density at radius 2 is 2.12 bits per heavy atom. The van der Waals surface area contributed by atoms with E-state index in [-0.39, 0.29) is 23.7 Å². The van der Waals surface area contributed by atoms with Crippen molar-refractivity contribution in [3.05, 3.63) is 50.7 Å². The Kier molecular flexibility index (Phi) is 6.39. The number of carbonyl (C=O) groups excluding carboxylic acids is 2. The van der Waals surface area contributed by atoms with Gasteiger partial charge in [-0.15, -0.1) is 11.3 Å². The molecule has 2 N–H and O–H groups in total. The van der Waals surface area contributed by atoms with Crippen LogP contribution in [0.5, 0.6) is 5.75 Å². The Labute approximate surface area is 152 Å². The van der Waals surface area contributed by atoms with Gasteiger partial charge in [-0.3, -0.25) is 19.7 Å². The second-order valence-electron chi connectivity index (χ2n) is 5.13. The summed E-state index contributed by atoms with van der Waals surface area (Å²) >= 11 is 1.27. The zero-order chi connectivity index (χ0) is 19.1. The van der Waals surface area contributed by atoms with Crippen molar-refractivity contribution in [3.8, 4) is 5.75 Å². The third kappa shape index (κ3) is 5.11. The van der Waals surface area contributed by atoms with E-state index in [1.807, 2.05) is 0 Å². The fraction of sp³-hybridized carbons (Fsp3) is 0.188. The van der Waals surface area contributed by atoms with Gasteiger partial charge in [0.25, 0.3) is 11.6 Å². The minimum absolute atomic E-state index is 0.0521. The second kappa shape index (κ2) is 8.72. The standard InChI is InChI=1S/C16H16N4O5S/c1-10(18-19-16(22)14-4-3-7-26-14)8-15(21)17-12-6-5-11(25-2)9-13(12)20(23)24/h3-7,9H,8H2,1-2H3,(H,17,21)(H,19,22)/b18-10-. The topological polar surface area (TPSA) is 123 Å². The Morgan fingerprint density at radius 3 is 2.73 bits per heavy atom. The molecule has 0 saturated carbocycles. The number of nitrogens with zero attached hydrogens (tertiary/aromatic N) is 2. The lowest BCUT2D eigenvalue weighted by Crippen LogP contribution is -2.21. The summed E-state index contributed by atoms with van der Waals surface area (Å²) in [4.78, 5) is 34.8. The van der Waals surface area contributed by atoms with Gasteiger partial charge >= 0.3 is 0 Å². The largest absolute Gasteiger partial charge is 0.496 e. The van der Waals surface area contributed by atoms with Crippen LogP contribution >= 0.6 is 11.3 Å². The third-order valence-electron chi connectivity index (χ3n) is 3.19. The smallest absolute Gasteiger partial charge is 0.296 e. The Balaban J connectivity index is 1.98. The molecule has 0 unspecified atom stereocenters. The summed E-state index contributed by atoms with van der Waals surface area (Å²) in [6, 6.07) is 7.51. The van der Waals surface area contributed by atoms with Crippen molar-refractivity contribution in [1.29, 1.82) is 0 Å². The van der Waals surface area contributed by atoms with Gasteiger partial charge in [0.1, 0.15) is 11.4 Å². The number of thiophene rings is 1. The third-order valence-corrected chi connectivity index (χ3v) is 4.05. The minimum Gasteiger partial charge on any atom is -0.496 e. The highest BCUT2D eigenvalue weighted by molar-refractivity contribution is 7.12. The molecule has 0 aliphatic rings. The molecule has 0 saturated heterocycles. The molecule has 0 aliphatic carbocycles. The van der Waals surface area contributed by atoms with E-state index in [1.165, 1.54) is 36.6 Å². The molecular formula is C16H16N4O5S. The normalized spacial score (nSPS) is 10.9. The minimum atomic E-state index is -0.611. The number of nitro benzene ring substituents is 1. The summed E-state index contributed by atoms with van der Waals surface area (Å²) in [7, 11) is 1.39. The lowest BCUT2D eigenvalue weighted by atomic mass is 10.2. The average Bonchev–Trinajstić information content (AvgIpc) is 3.14. The van der Waals surface area contributed by atoms with Crippen LogP contribution in [0.2, 0.25) is 0 Å². The molecule has 0 spiro atoms. The summed E-state index contributed by atoms with van der Waals surface area (Å²) in [6.07, 6.45) is -0.131. The molecule has 2 amide bonds. The lowest BCUT2D eigenvalue weighted by molar-refractivity contribution is -0.384. The predicted molar refractivity (Wildman–Crippen MR) is 97.8 cm³/mol. The first-order valence-electron chi connectivity index (χ1n) is 7.40. The first kappa shape index (κ1) is 19.1. The van der Waals surface area contributed by atoms with E-state index in [0.717, 1.165) is 0 Å². The number of methoxy groups -OCH3 is 1. The molecule has 2 aromatic rings. The number of hydrogen-bond donors (Lipinski definition) is 2. The molecule has 2 rings (SSSR count). The van der Waals surface area contributed by atoms with Crippen LogP contribution in [0.1, 0.15) is 23.0 Å². The Hall–Kier alpha value is -3.27. The van der Waals surface area contributed by atoms with E-state index < -0.39 is 10.8 Å². The number of amides is 2. The van der Waals surface area contributed by atoms with Crippen LogP contribution in [-0.4, -0.2) is 29.6 Å². The SMILES string of the molecule is COc1ccc(NC(=O)C/C(C)=N\NC(=O)c2cccs2)c([N+](=O)[O-])c1. The van der Waals surface area contributed by atoms with Crippen LogP contribution < -0.4 is 15.5 Å². The fourth-order valence-electron chi connectivity index (χ4n) is 1.97. The summed E-state index contributed by atoms with van der Waals surface area (Å²) in [6.45, 7) is 1.57. The summed E-state index contributed by atoms with van der Waals surface area (Å²) < 4.78 is 4.94. The van der Waals surface area contributed by atoms with Gasteiger partial charge in [-0.2, -0.15) is 5.10 Å². The highest BCUT2D eigenvalue weighted by Gasteiger charge is 2.17. The van der Waals surface area contributed by atoms with Gasteiger partial charge in [0.05, 0.1) is 29.4 Å². The molecule has 0 aliphatic heterocycles. The first-order valence-corrected chi connectivity index (χ1v) is 8.28. The Morgan fingerprint density at radius 1 is 1.35 bits per heavy atom. The van der Waals surface area contributed by atoms with Crippen molar-refractivity contribution in [2.75, 3.05) is 12.4 Å². The van der Waals surface area contributed by atoms with Gasteiger partial charge in [0.2, 0.25) is 5.91 Å². The summed E-state index contributed by atoms with van der Waals surface area (Å²) in [5, 5.41) is 19.2. The molecule has 26 heavy (non-hydrogen) atoms. The predicted octanol–water partition coefficient (Wildman–Crippen LogP) is 2.80. The quantitative estimate of drug-likeness (QED) is 0.437. The van der Waals surface area contributed by atoms with Crippen molar-refractivity contribution in [2.24, 2.45) is 5.10 Å². The molecule has 10 heteroatoms. The molecule has 1 aromatic heterocycles. The number of anilines is 1. The van der Waals surface area contributed by atoms with Crippen LogP contribution in [0.15, 0.2) is 40.8 Å². The molecular weight excluding hydrogens is 360 g/mol. The summed E-state index contributed by atoms with van der Waals surface area (Å²) in [5.41, 5.74) is 2.48. The molecule has 0 fully saturated rings. The number of benzene rings is 1. The van der Waals surface area contributed by atoms with Gasteiger partial charge in [-0.1, -0.05) is 6.07 Å². The molecule has 1 heterocycles. The van der Waals surface area contributed by atoms with E-state index in [2.05, 4.69) is 15.8 Å². The maximum atomic E-state index is 12.1. The number of ether oxygens (including phenoxy) is 1. The number of nitrogens with one attached hydrogen (secondary N) is 2. The van der Waals surface area contributed by atoms with E-state index in [1.54, 1.807) is 24.4 Å². The zero-order valence-electron chi connectivity index (χ0n) is 14.0. The maximum Gasteiger partial charge on any atom is 0.296 e. The van der Waals surface area contributed by atoms with E-state index >= 15 is 0 Å². The van der Waals surface area contributed by atoms with Gasteiger partial charge in [0.15, 0.2) is 0 Å². The molecule has 136 valence electrons. The molecule has 0 bridgehead atoms. The maximum absolute atomic E-state index is 12.1. The van der Waals surface area contributed by atoms with Crippen LogP contribution in [0, 0.1) is 10.1 Å². The molecule has 0 radical (unpaired) electrons. The van der Waals surface area contributed by atoms with Gasteiger partial charge in [0, 0.05) is 5.71 Å². The molecule has 9 nitrogen and oxygen atoms in total. The number of carbonyl (C=O) groups is 2. The van der Waals surface area contributed by atoms with Crippen LogP contribution in [0.25, 0.3) is 0 Å². The molecule has 0 atom stereocenters. The number of rotatable bonds is 7. The highest BCUT2D eigenvalue weighted by atomic mass is 32.1. The van der Waals surface area contributed by atoms with Gasteiger partial charge in [-0.25, -0.2) is 5.43 Å². The van der Waals surface area contributed by atoms with E-state index in [0.29, 0.717) is 16.3 Å². The van der Waals surface area contributed by atoms with Crippen molar-refractivity contribution in [1.82, 2.24) is 5.43 Å². The average molecular weight is 376 g/mol. The van der Waals surface area contributed by atoms with Crippen LogP contribution in [0.4, 0.5) is 11.4 Å². The molecule has 1 aromatic carbocycles. The van der Waals surface area contributed by atoms with Crippen LogP contribution in [0.3, 0.4) is 0 Å². The Bertz CT molecular complexity index is 848. The van der Waals surface area contributed by atoms with Gasteiger partial charge in [-0.05, 0) is 30.5 Å². The number of nitro groups is 1. The van der Waals surface area contributed by atoms with Crippen LogP contribution in [-0.2, 0) is 4.79 Å². The number of hydrazone groups is 1. The van der Waals surface area contributed by atoms with Crippen molar-refractivity contribution >= 4 is 40.2 Å². The zero-order valence-corrected chi connectivity index (χ0v) is 14.8. The second-order valence-corrected chi connectivity index (χ2v) is 6.08. The fourth-order valence-corrected chi connectivity index (χ4v) is 2.58. The highest BCUT2D eigenvalue weighted by Crippen LogP contribution is 2.29.